The summed E-state index contributed by atoms with van der Waals surface area (Å²) >= 11 is 15.7. The number of nitrogens with one attached hydrogen (secondary N) is 1. The molecule has 0 unspecified atom stereocenters. The Labute approximate surface area is 219 Å². The van der Waals surface area contributed by atoms with E-state index in [4.69, 9.17) is 23.2 Å². The van der Waals surface area contributed by atoms with Gasteiger partial charge in [-0.2, -0.15) is 0 Å². The molecular weight excluding hydrogens is 535 g/mol. The third-order valence-corrected chi connectivity index (χ3v) is 6.58. The molecule has 3 aromatic carbocycles. The maximum atomic E-state index is 13.7. The van der Waals surface area contributed by atoms with E-state index in [2.05, 4.69) is 21.2 Å². The molecule has 3 aromatic rings. The predicted octanol–water partition coefficient (Wildman–Crippen LogP) is 6.46. The first-order valence-corrected chi connectivity index (χ1v) is 12.6. The molecule has 0 fully saturated rings. The lowest BCUT2D eigenvalue weighted by molar-refractivity contribution is -0.141. The summed E-state index contributed by atoms with van der Waals surface area (Å²) in [7, 11) is 0. The van der Waals surface area contributed by atoms with E-state index in [9.17, 15) is 9.59 Å². The van der Waals surface area contributed by atoms with Crippen LogP contribution < -0.4 is 5.32 Å². The molecular formula is C27H27BrCl2N2O2. The van der Waals surface area contributed by atoms with Crippen LogP contribution in [0.1, 0.15) is 30.5 Å². The van der Waals surface area contributed by atoms with Crippen LogP contribution in [0.5, 0.6) is 0 Å². The van der Waals surface area contributed by atoms with E-state index in [1.54, 1.807) is 23.1 Å². The fraction of sp³-hybridized carbons (Fsp3) is 0.259. The summed E-state index contributed by atoms with van der Waals surface area (Å²) in [5.74, 6) is -0.348. The molecule has 3 rings (SSSR count). The summed E-state index contributed by atoms with van der Waals surface area (Å²) < 4.78 is 0.948. The molecule has 0 saturated heterocycles. The third-order valence-electron chi connectivity index (χ3n) is 5.31. The molecule has 178 valence electrons. The van der Waals surface area contributed by atoms with Gasteiger partial charge in [-0.1, -0.05) is 87.7 Å². The Kier molecular flexibility index (Phi) is 9.57. The van der Waals surface area contributed by atoms with Crippen LogP contribution in [0.3, 0.4) is 0 Å². The Morgan fingerprint density at radius 3 is 2.15 bits per heavy atom. The molecule has 0 heterocycles. The Bertz CT molecular complexity index is 1120. The lowest BCUT2D eigenvalue weighted by Gasteiger charge is -2.32. The molecule has 0 spiro atoms. The number of nitrogens with zero attached hydrogens (tertiary/aromatic N) is 1. The zero-order valence-corrected chi connectivity index (χ0v) is 22.2. The minimum Gasteiger partial charge on any atom is -0.352 e. The van der Waals surface area contributed by atoms with Gasteiger partial charge in [-0.3, -0.25) is 9.59 Å². The van der Waals surface area contributed by atoms with Crippen LogP contribution in [0.4, 0.5) is 0 Å². The van der Waals surface area contributed by atoms with Crippen LogP contribution in [0, 0.1) is 0 Å². The van der Waals surface area contributed by atoms with E-state index < -0.39 is 6.04 Å². The average Bonchev–Trinajstić information content (AvgIpc) is 2.80. The van der Waals surface area contributed by atoms with Crippen LogP contribution >= 0.6 is 39.1 Å². The molecule has 0 aliphatic rings. The second-order valence-electron chi connectivity index (χ2n) is 8.44. The van der Waals surface area contributed by atoms with Gasteiger partial charge < -0.3 is 10.2 Å². The minimum atomic E-state index is -0.677. The maximum Gasteiger partial charge on any atom is 0.243 e. The van der Waals surface area contributed by atoms with E-state index in [0.717, 1.165) is 21.2 Å². The van der Waals surface area contributed by atoms with E-state index in [1.807, 2.05) is 68.4 Å². The Hall–Kier alpha value is -2.34. The van der Waals surface area contributed by atoms with Crippen molar-refractivity contribution in [2.75, 3.05) is 0 Å². The highest BCUT2D eigenvalue weighted by molar-refractivity contribution is 9.10. The first-order chi connectivity index (χ1) is 16.2. The Balaban J connectivity index is 1.97. The summed E-state index contributed by atoms with van der Waals surface area (Å²) in [5, 5.41) is 3.82. The molecule has 0 aromatic heterocycles. The van der Waals surface area contributed by atoms with Gasteiger partial charge in [-0.15, -0.1) is 0 Å². The highest BCUT2D eigenvalue weighted by Gasteiger charge is 2.30. The molecule has 2 amide bonds. The molecule has 0 saturated carbocycles. The van der Waals surface area contributed by atoms with Gasteiger partial charge in [-0.05, 0) is 54.8 Å². The molecule has 34 heavy (non-hydrogen) atoms. The molecule has 0 aliphatic heterocycles. The van der Waals surface area contributed by atoms with E-state index in [-0.39, 0.29) is 24.3 Å². The number of halogens is 3. The van der Waals surface area contributed by atoms with Crippen LogP contribution in [0.2, 0.25) is 10.0 Å². The first kappa shape index (κ1) is 26.3. The van der Waals surface area contributed by atoms with Crippen LogP contribution in [0.15, 0.2) is 77.3 Å². The minimum absolute atomic E-state index is 0.0505. The van der Waals surface area contributed by atoms with Gasteiger partial charge in [0.2, 0.25) is 11.8 Å². The third kappa shape index (κ3) is 7.59. The standard InChI is InChI=1S/C27H27BrCl2N2O2/c1-18(2)31-27(34)25(15-19-6-4-3-5-7-19)32(17-20-8-11-22(28)12-9-20)26(33)16-21-10-13-23(29)24(30)14-21/h3-14,18,25H,15-17H2,1-2H3,(H,31,34)/t25-/m0/s1. The number of carbonyl (C=O) groups is 2. The number of hydrogen-bond acceptors (Lipinski definition) is 2. The average molecular weight is 562 g/mol. The van der Waals surface area contributed by atoms with Crippen molar-refractivity contribution in [2.45, 2.75) is 45.3 Å². The van der Waals surface area contributed by atoms with Crippen LogP contribution in [-0.4, -0.2) is 28.8 Å². The number of amides is 2. The van der Waals surface area contributed by atoms with Gasteiger partial charge >= 0.3 is 0 Å². The first-order valence-electron chi connectivity index (χ1n) is 11.0. The van der Waals surface area contributed by atoms with E-state index in [1.165, 1.54) is 0 Å². The number of benzene rings is 3. The fourth-order valence-corrected chi connectivity index (χ4v) is 4.23. The normalized spacial score (nSPS) is 11.8. The molecule has 0 bridgehead atoms. The van der Waals surface area contributed by atoms with Crippen molar-refractivity contribution in [3.05, 3.63) is 104 Å². The Morgan fingerprint density at radius 1 is 0.882 bits per heavy atom. The van der Waals surface area contributed by atoms with Crippen molar-refractivity contribution in [2.24, 2.45) is 0 Å². The maximum absolute atomic E-state index is 13.7. The van der Waals surface area contributed by atoms with Crippen LogP contribution in [0.25, 0.3) is 0 Å². The second-order valence-corrected chi connectivity index (χ2v) is 10.2. The van der Waals surface area contributed by atoms with Crippen molar-refractivity contribution in [1.82, 2.24) is 10.2 Å². The van der Waals surface area contributed by atoms with Crippen molar-refractivity contribution in [1.29, 1.82) is 0 Å². The van der Waals surface area contributed by atoms with E-state index >= 15 is 0 Å². The fourth-order valence-electron chi connectivity index (χ4n) is 3.65. The van der Waals surface area contributed by atoms with Gasteiger partial charge in [0.15, 0.2) is 0 Å². The van der Waals surface area contributed by atoms with Gasteiger partial charge in [0.1, 0.15) is 6.04 Å². The van der Waals surface area contributed by atoms with Crippen molar-refractivity contribution < 1.29 is 9.59 Å². The topological polar surface area (TPSA) is 49.4 Å². The second kappa shape index (κ2) is 12.4. The van der Waals surface area contributed by atoms with Crippen molar-refractivity contribution in [3.8, 4) is 0 Å². The largest absolute Gasteiger partial charge is 0.352 e. The SMILES string of the molecule is CC(C)NC(=O)[C@H](Cc1ccccc1)N(Cc1ccc(Br)cc1)C(=O)Cc1ccc(Cl)c(Cl)c1. The summed E-state index contributed by atoms with van der Waals surface area (Å²) in [6.07, 6.45) is 0.511. The zero-order valence-electron chi connectivity index (χ0n) is 19.1. The van der Waals surface area contributed by atoms with Gasteiger partial charge in [-0.25, -0.2) is 0 Å². The number of hydrogen-bond donors (Lipinski definition) is 1. The van der Waals surface area contributed by atoms with Gasteiger partial charge in [0, 0.05) is 23.5 Å². The summed E-state index contributed by atoms with van der Waals surface area (Å²) in [6, 6.07) is 21.9. The summed E-state index contributed by atoms with van der Waals surface area (Å²) in [4.78, 5) is 28.7. The van der Waals surface area contributed by atoms with E-state index in [0.29, 0.717) is 23.0 Å². The summed E-state index contributed by atoms with van der Waals surface area (Å²) in [5.41, 5.74) is 2.65. The zero-order chi connectivity index (χ0) is 24.7. The quantitative estimate of drug-likeness (QED) is 0.326. The molecule has 4 nitrogen and oxygen atoms in total. The highest BCUT2D eigenvalue weighted by Crippen LogP contribution is 2.24. The molecule has 0 aliphatic carbocycles. The summed E-state index contributed by atoms with van der Waals surface area (Å²) in [6.45, 7) is 4.12. The highest BCUT2D eigenvalue weighted by atomic mass is 79.9. The lowest BCUT2D eigenvalue weighted by atomic mass is 10.0. The van der Waals surface area contributed by atoms with Gasteiger partial charge in [0.05, 0.1) is 16.5 Å². The van der Waals surface area contributed by atoms with Crippen molar-refractivity contribution >= 4 is 50.9 Å². The smallest absolute Gasteiger partial charge is 0.243 e. The predicted molar refractivity (Wildman–Crippen MR) is 142 cm³/mol. The Morgan fingerprint density at radius 2 is 1.53 bits per heavy atom. The van der Waals surface area contributed by atoms with Gasteiger partial charge in [0.25, 0.3) is 0 Å². The molecule has 0 radical (unpaired) electrons. The monoisotopic (exact) mass is 560 g/mol. The van der Waals surface area contributed by atoms with Crippen molar-refractivity contribution in [3.63, 3.8) is 0 Å². The van der Waals surface area contributed by atoms with Crippen LogP contribution in [-0.2, 0) is 29.0 Å². The molecule has 7 heteroatoms. The molecule has 1 N–H and O–H groups in total. The lowest BCUT2D eigenvalue weighted by Crippen LogP contribution is -2.52. The molecule has 1 atom stereocenters. The number of carbonyl (C=O) groups excluding carboxylic acids is 2. The number of rotatable bonds is 9.